The summed E-state index contributed by atoms with van der Waals surface area (Å²) in [7, 11) is 4.69. The average molecular weight is 416 g/mol. The van der Waals surface area contributed by atoms with Crippen molar-refractivity contribution in [2.24, 2.45) is 0 Å². The zero-order valence-electron chi connectivity index (χ0n) is 17.9. The minimum Gasteiger partial charge on any atom is -0.493 e. The van der Waals surface area contributed by atoms with Crippen LogP contribution in [0.2, 0.25) is 0 Å². The van der Waals surface area contributed by atoms with Gasteiger partial charge in [-0.25, -0.2) is 0 Å². The standard InChI is InChI=1S/C23H30N2O5/c1-27-20-10-9-18(22(28-2)23(20)29-3)15-21(26)24-19(17-7-5-4-6-8-17)16-25-11-13-30-14-12-25/h4-10,19H,11-16H2,1-3H3,(H,24,26)/p+1/t19-/m1/s1. The van der Waals surface area contributed by atoms with E-state index in [0.717, 1.165) is 44.0 Å². The van der Waals surface area contributed by atoms with E-state index in [2.05, 4.69) is 17.4 Å². The van der Waals surface area contributed by atoms with Gasteiger partial charge >= 0.3 is 0 Å². The van der Waals surface area contributed by atoms with E-state index < -0.39 is 0 Å². The van der Waals surface area contributed by atoms with Crippen molar-refractivity contribution >= 4 is 5.91 Å². The third-order valence-corrected chi connectivity index (χ3v) is 5.37. The van der Waals surface area contributed by atoms with Crippen LogP contribution in [0.25, 0.3) is 0 Å². The molecule has 1 atom stereocenters. The largest absolute Gasteiger partial charge is 0.493 e. The highest BCUT2D eigenvalue weighted by atomic mass is 16.5. The number of benzene rings is 2. The monoisotopic (exact) mass is 415 g/mol. The van der Waals surface area contributed by atoms with Crippen molar-refractivity contribution in [3.05, 3.63) is 53.6 Å². The van der Waals surface area contributed by atoms with Gasteiger partial charge < -0.3 is 29.2 Å². The Kier molecular flexibility index (Phi) is 7.93. The van der Waals surface area contributed by atoms with Crippen molar-refractivity contribution in [1.29, 1.82) is 0 Å². The molecule has 7 heteroatoms. The molecule has 0 spiro atoms. The van der Waals surface area contributed by atoms with Gasteiger partial charge in [-0.15, -0.1) is 0 Å². The highest BCUT2D eigenvalue weighted by Crippen LogP contribution is 2.39. The lowest BCUT2D eigenvalue weighted by molar-refractivity contribution is -0.909. The molecule has 0 bridgehead atoms. The van der Waals surface area contributed by atoms with Crippen LogP contribution in [0.1, 0.15) is 17.2 Å². The molecule has 3 rings (SSSR count). The van der Waals surface area contributed by atoms with Crippen molar-refractivity contribution < 1.29 is 28.6 Å². The normalized spacial score (nSPS) is 15.3. The lowest BCUT2D eigenvalue weighted by Gasteiger charge is -2.28. The van der Waals surface area contributed by atoms with Gasteiger partial charge in [-0.2, -0.15) is 0 Å². The van der Waals surface area contributed by atoms with Crippen LogP contribution in [-0.2, 0) is 16.0 Å². The molecule has 1 saturated heterocycles. The molecular formula is C23H31N2O5+. The van der Waals surface area contributed by atoms with E-state index in [1.54, 1.807) is 27.4 Å². The summed E-state index contributed by atoms with van der Waals surface area (Å²) < 4.78 is 21.7. The van der Waals surface area contributed by atoms with Crippen LogP contribution in [-0.4, -0.2) is 60.1 Å². The summed E-state index contributed by atoms with van der Waals surface area (Å²) in [5, 5.41) is 3.22. The molecule has 2 aromatic carbocycles. The van der Waals surface area contributed by atoms with Gasteiger partial charge in [0, 0.05) is 5.56 Å². The molecule has 0 radical (unpaired) electrons. The maximum atomic E-state index is 13.0. The number of morpholine rings is 1. The summed E-state index contributed by atoms with van der Waals surface area (Å²) in [5.74, 6) is 1.50. The van der Waals surface area contributed by atoms with Crippen LogP contribution < -0.4 is 24.4 Å². The number of amides is 1. The highest BCUT2D eigenvalue weighted by molar-refractivity contribution is 5.80. The smallest absolute Gasteiger partial charge is 0.225 e. The number of quaternary nitrogens is 1. The van der Waals surface area contributed by atoms with Gasteiger partial charge in [-0.05, 0) is 11.6 Å². The Morgan fingerprint density at radius 2 is 1.70 bits per heavy atom. The van der Waals surface area contributed by atoms with Crippen LogP contribution in [0.15, 0.2) is 42.5 Å². The molecule has 0 saturated carbocycles. The van der Waals surface area contributed by atoms with Gasteiger partial charge in [0.2, 0.25) is 11.7 Å². The summed E-state index contributed by atoms with van der Waals surface area (Å²) in [6.45, 7) is 4.23. The Bertz CT molecular complexity index is 822. The third kappa shape index (κ3) is 5.43. The molecule has 2 N–H and O–H groups in total. The van der Waals surface area contributed by atoms with E-state index in [1.807, 2.05) is 24.3 Å². The van der Waals surface area contributed by atoms with Crippen molar-refractivity contribution in [3.8, 4) is 17.2 Å². The number of nitrogens with one attached hydrogen (secondary N) is 2. The predicted molar refractivity (Wildman–Crippen MR) is 114 cm³/mol. The second kappa shape index (κ2) is 10.8. The number of methoxy groups -OCH3 is 3. The maximum Gasteiger partial charge on any atom is 0.225 e. The van der Waals surface area contributed by atoms with E-state index >= 15 is 0 Å². The number of rotatable bonds is 9. The summed E-state index contributed by atoms with van der Waals surface area (Å²) in [4.78, 5) is 14.4. The molecule has 0 unspecified atom stereocenters. The summed E-state index contributed by atoms with van der Waals surface area (Å²) in [6, 6.07) is 13.7. The Morgan fingerprint density at radius 3 is 2.33 bits per heavy atom. The first-order valence-electron chi connectivity index (χ1n) is 10.2. The van der Waals surface area contributed by atoms with Gasteiger partial charge in [0.25, 0.3) is 0 Å². The van der Waals surface area contributed by atoms with E-state index in [0.29, 0.717) is 17.2 Å². The van der Waals surface area contributed by atoms with Gasteiger partial charge in [0.1, 0.15) is 25.7 Å². The number of carbonyl (C=O) groups is 1. The fraction of sp³-hybridized carbons (Fsp3) is 0.435. The second-order valence-electron chi connectivity index (χ2n) is 7.27. The SMILES string of the molecule is COc1ccc(CC(=O)N[C@H](C[NH+]2CCOCC2)c2ccccc2)c(OC)c1OC. The van der Waals surface area contributed by atoms with Crippen molar-refractivity contribution in [2.45, 2.75) is 12.5 Å². The Morgan fingerprint density at radius 1 is 1.00 bits per heavy atom. The summed E-state index contributed by atoms with van der Waals surface area (Å²) in [5.41, 5.74) is 1.85. The van der Waals surface area contributed by atoms with E-state index in [1.165, 1.54) is 4.90 Å². The Balaban J connectivity index is 1.76. The average Bonchev–Trinajstić information content (AvgIpc) is 2.79. The zero-order chi connectivity index (χ0) is 21.3. The van der Waals surface area contributed by atoms with Gasteiger partial charge in [0.05, 0.1) is 41.0 Å². The number of hydrogen-bond donors (Lipinski definition) is 2. The quantitative estimate of drug-likeness (QED) is 0.640. The van der Waals surface area contributed by atoms with Crippen molar-refractivity contribution in [3.63, 3.8) is 0 Å². The third-order valence-electron chi connectivity index (χ3n) is 5.37. The first kappa shape index (κ1) is 21.9. The van der Waals surface area contributed by atoms with Crippen LogP contribution >= 0.6 is 0 Å². The first-order chi connectivity index (χ1) is 14.7. The molecule has 1 aliphatic heterocycles. The molecule has 1 fully saturated rings. The molecule has 162 valence electrons. The molecule has 0 aliphatic carbocycles. The first-order valence-corrected chi connectivity index (χ1v) is 10.2. The van der Waals surface area contributed by atoms with Crippen molar-refractivity contribution in [2.75, 3.05) is 54.2 Å². The van der Waals surface area contributed by atoms with E-state index in [-0.39, 0.29) is 18.4 Å². The van der Waals surface area contributed by atoms with Crippen LogP contribution in [0, 0.1) is 0 Å². The Labute approximate surface area is 177 Å². The molecule has 30 heavy (non-hydrogen) atoms. The maximum absolute atomic E-state index is 13.0. The second-order valence-corrected chi connectivity index (χ2v) is 7.27. The van der Waals surface area contributed by atoms with Gasteiger partial charge in [-0.1, -0.05) is 36.4 Å². The van der Waals surface area contributed by atoms with Crippen molar-refractivity contribution in [1.82, 2.24) is 5.32 Å². The van der Waals surface area contributed by atoms with Crippen LogP contribution in [0.5, 0.6) is 17.2 Å². The number of carbonyl (C=O) groups excluding carboxylic acids is 1. The molecule has 7 nitrogen and oxygen atoms in total. The fourth-order valence-electron chi connectivity index (χ4n) is 3.81. The molecular weight excluding hydrogens is 384 g/mol. The lowest BCUT2D eigenvalue weighted by atomic mass is 10.0. The highest BCUT2D eigenvalue weighted by Gasteiger charge is 2.24. The molecule has 2 aromatic rings. The fourth-order valence-corrected chi connectivity index (χ4v) is 3.81. The predicted octanol–water partition coefficient (Wildman–Crippen LogP) is 1.03. The number of ether oxygens (including phenoxy) is 4. The zero-order valence-corrected chi connectivity index (χ0v) is 17.9. The molecule has 1 heterocycles. The summed E-state index contributed by atoms with van der Waals surface area (Å²) >= 11 is 0. The van der Waals surface area contributed by atoms with Gasteiger partial charge in [0.15, 0.2) is 11.5 Å². The molecule has 1 amide bonds. The van der Waals surface area contributed by atoms with Gasteiger partial charge in [-0.3, -0.25) is 4.79 Å². The molecule has 0 aromatic heterocycles. The van der Waals surface area contributed by atoms with E-state index in [9.17, 15) is 4.79 Å². The summed E-state index contributed by atoms with van der Waals surface area (Å²) in [6.07, 6.45) is 0.186. The van der Waals surface area contributed by atoms with E-state index in [4.69, 9.17) is 18.9 Å². The topological polar surface area (TPSA) is 70.5 Å². The molecule has 1 aliphatic rings. The number of hydrogen-bond acceptors (Lipinski definition) is 5. The minimum absolute atomic E-state index is 0.0676. The lowest BCUT2D eigenvalue weighted by Crippen LogP contribution is -3.14. The van der Waals surface area contributed by atoms with Crippen LogP contribution in [0.3, 0.4) is 0 Å². The Hall–Kier alpha value is -2.77. The van der Waals surface area contributed by atoms with Crippen LogP contribution in [0.4, 0.5) is 0 Å². The minimum atomic E-state index is -0.0714.